The van der Waals surface area contributed by atoms with Gasteiger partial charge in [0.1, 0.15) is 12.6 Å². The van der Waals surface area contributed by atoms with Crippen LogP contribution >= 0.6 is 11.6 Å². The Balaban J connectivity index is 2.36. The third-order valence-electron chi connectivity index (χ3n) is 4.98. The van der Waals surface area contributed by atoms with E-state index < -0.39 is 34.0 Å². The number of nitriles is 1. The van der Waals surface area contributed by atoms with Crippen molar-refractivity contribution in [3.05, 3.63) is 53.1 Å². The van der Waals surface area contributed by atoms with Gasteiger partial charge < -0.3 is 5.32 Å². The Morgan fingerprint density at radius 2 is 1.76 bits per heavy atom. The standard InChI is InChI=1S/C23H25ClF3N3O3S/c1-14(2)12-20(22(31)29-11-10-28)30-21(23(25,26)27)16-6-4-15(5-7-16)18-9-8-17(13-19(18)24)34(3,32)33/h4-9,13-14,20-21,30H,11-12H2,1-3H3,(H,29,31)/t20-,21-/m0/s1. The highest BCUT2D eigenvalue weighted by molar-refractivity contribution is 7.90. The molecular formula is C23H25ClF3N3O3S. The van der Waals surface area contributed by atoms with Crippen molar-refractivity contribution in [1.29, 1.82) is 5.26 Å². The molecule has 2 aromatic rings. The molecule has 0 heterocycles. The largest absolute Gasteiger partial charge is 0.407 e. The number of hydrogen-bond acceptors (Lipinski definition) is 5. The minimum absolute atomic E-state index is 0.0325. The van der Waals surface area contributed by atoms with Crippen molar-refractivity contribution in [3.63, 3.8) is 0 Å². The Hall–Kier alpha value is -2.61. The van der Waals surface area contributed by atoms with Crippen LogP contribution in [0, 0.1) is 17.2 Å². The van der Waals surface area contributed by atoms with Crippen LogP contribution in [0.2, 0.25) is 5.02 Å². The SMILES string of the molecule is CC(C)C[C@H](N[C@@H](c1ccc(-c2ccc(S(C)(=O)=O)cc2Cl)cc1)C(F)(F)F)C(=O)NCC#N. The second-order valence-corrected chi connectivity index (χ2v) is 10.7. The van der Waals surface area contributed by atoms with Crippen molar-refractivity contribution >= 4 is 27.3 Å². The molecule has 2 N–H and O–H groups in total. The van der Waals surface area contributed by atoms with Gasteiger partial charge in [-0.3, -0.25) is 10.1 Å². The maximum Gasteiger partial charge on any atom is 0.407 e. The number of alkyl halides is 3. The number of nitrogens with zero attached hydrogens (tertiary/aromatic N) is 1. The third-order valence-corrected chi connectivity index (χ3v) is 6.41. The molecule has 1 amide bonds. The van der Waals surface area contributed by atoms with Crippen molar-refractivity contribution < 1.29 is 26.4 Å². The van der Waals surface area contributed by atoms with Crippen LogP contribution in [0.25, 0.3) is 11.1 Å². The molecule has 0 aliphatic carbocycles. The average molecular weight is 516 g/mol. The monoisotopic (exact) mass is 515 g/mol. The lowest BCUT2D eigenvalue weighted by molar-refractivity contribution is -0.161. The zero-order valence-corrected chi connectivity index (χ0v) is 20.4. The zero-order valence-electron chi connectivity index (χ0n) is 18.8. The maximum absolute atomic E-state index is 13.9. The van der Waals surface area contributed by atoms with E-state index in [0.717, 1.165) is 6.26 Å². The van der Waals surface area contributed by atoms with E-state index in [1.165, 1.54) is 42.5 Å². The van der Waals surface area contributed by atoms with Gasteiger partial charge in [0, 0.05) is 16.8 Å². The quantitative estimate of drug-likeness (QED) is 0.473. The van der Waals surface area contributed by atoms with E-state index in [1.807, 2.05) is 0 Å². The molecule has 0 radical (unpaired) electrons. The van der Waals surface area contributed by atoms with Crippen molar-refractivity contribution in [2.75, 3.05) is 12.8 Å². The molecule has 6 nitrogen and oxygen atoms in total. The van der Waals surface area contributed by atoms with E-state index in [4.69, 9.17) is 16.9 Å². The van der Waals surface area contributed by atoms with E-state index in [-0.39, 0.29) is 34.4 Å². The van der Waals surface area contributed by atoms with Gasteiger partial charge >= 0.3 is 6.18 Å². The fourth-order valence-electron chi connectivity index (χ4n) is 3.37. The van der Waals surface area contributed by atoms with Crippen molar-refractivity contribution in [2.45, 2.75) is 43.4 Å². The Labute approximate surface area is 202 Å². The zero-order chi connectivity index (χ0) is 25.7. The van der Waals surface area contributed by atoms with Gasteiger partial charge in [-0.15, -0.1) is 0 Å². The molecule has 0 aromatic heterocycles. The average Bonchev–Trinajstić information content (AvgIpc) is 2.73. The molecule has 2 aromatic carbocycles. The molecule has 184 valence electrons. The summed E-state index contributed by atoms with van der Waals surface area (Å²) in [6.45, 7) is 3.25. The molecule has 0 spiro atoms. The Morgan fingerprint density at radius 3 is 2.24 bits per heavy atom. The van der Waals surface area contributed by atoms with Gasteiger partial charge in [0.25, 0.3) is 0 Å². The molecule has 34 heavy (non-hydrogen) atoms. The highest BCUT2D eigenvalue weighted by atomic mass is 35.5. The van der Waals surface area contributed by atoms with Gasteiger partial charge in [-0.05, 0) is 35.6 Å². The fourth-order valence-corrected chi connectivity index (χ4v) is 4.37. The number of hydrogen-bond donors (Lipinski definition) is 2. The van der Waals surface area contributed by atoms with Crippen LogP contribution in [0.1, 0.15) is 31.9 Å². The number of halogens is 4. The van der Waals surface area contributed by atoms with Gasteiger partial charge in [0.2, 0.25) is 5.91 Å². The molecule has 2 atom stereocenters. The number of carbonyl (C=O) groups is 1. The summed E-state index contributed by atoms with van der Waals surface area (Å²) in [4.78, 5) is 12.4. The predicted molar refractivity (Wildman–Crippen MR) is 124 cm³/mol. The highest BCUT2D eigenvalue weighted by Crippen LogP contribution is 2.36. The molecule has 11 heteroatoms. The first kappa shape index (κ1) is 27.6. The lowest BCUT2D eigenvalue weighted by Gasteiger charge is -2.28. The summed E-state index contributed by atoms with van der Waals surface area (Å²) in [7, 11) is -3.46. The van der Waals surface area contributed by atoms with Crippen molar-refractivity contribution in [1.82, 2.24) is 10.6 Å². The number of carbonyl (C=O) groups excluding carboxylic acids is 1. The fraction of sp³-hybridized carbons (Fsp3) is 0.391. The molecule has 0 aliphatic heterocycles. The number of benzene rings is 2. The number of rotatable bonds is 9. The van der Waals surface area contributed by atoms with Crippen LogP contribution in [0.4, 0.5) is 13.2 Å². The molecule has 0 aliphatic rings. The van der Waals surface area contributed by atoms with E-state index in [9.17, 15) is 26.4 Å². The first-order chi connectivity index (χ1) is 15.7. The first-order valence-corrected chi connectivity index (χ1v) is 12.6. The summed E-state index contributed by atoms with van der Waals surface area (Å²) in [6.07, 6.45) is -3.50. The topological polar surface area (TPSA) is 99.1 Å². The minimum Gasteiger partial charge on any atom is -0.342 e. The van der Waals surface area contributed by atoms with Crippen LogP contribution in [0.15, 0.2) is 47.4 Å². The van der Waals surface area contributed by atoms with Gasteiger partial charge in [-0.1, -0.05) is 55.8 Å². The molecule has 0 bridgehead atoms. The van der Waals surface area contributed by atoms with Gasteiger partial charge in [0.05, 0.1) is 17.0 Å². The second kappa shape index (κ2) is 11.2. The molecule has 0 saturated heterocycles. The first-order valence-electron chi connectivity index (χ1n) is 10.3. The van der Waals surface area contributed by atoms with Crippen LogP contribution in [-0.2, 0) is 14.6 Å². The van der Waals surface area contributed by atoms with Crippen LogP contribution < -0.4 is 10.6 Å². The smallest absolute Gasteiger partial charge is 0.342 e. The van der Waals surface area contributed by atoms with Gasteiger partial charge in [-0.2, -0.15) is 18.4 Å². The van der Waals surface area contributed by atoms with Crippen LogP contribution in [0.5, 0.6) is 0 Å². The summed E-state index contributed by atoms with van der Waals surface area (Å²) >= 11 is 6.21. The third kappa shape index (κ3) is 7.45. The Morgan fingerprint density at radius 1 is 1.15 bits per heavy atom. The normalized spacial score (nSPS) is 13.9. The summed E-state index contributed by atoms with van der Waals surface area (Å²) in [5.74, 6) is -0.752. The second-order valence-electron chi connectivity index (χ2n) is 8.24. The summed E-state index contributed by atoms with van der Waals surface area (Å²) in [6, 6.07) is 8.07. The highest BCUT2D eigenvalue weighted by Gasteiger charge is 2.42. The number of amides is 1. The van der Waals surface area contributed by atoms with Gasteiger partial charge in [0.15, 0.2) is 9.84 Å². The van der Waals surface area contributed by atoms with E-state index in [2.05, 4.69) is 10.6 Å². The maximum atomic E-state index is 13.9. The predicted octanol–water partition coefficient (Wildman–Crippen LogP) is 4.66. The number of nitrogens with one attached hydrogen (secondary N) is 2. The van der Waals surface area contributed by atoms with Gasteiger partial charge in [-0.25, -0.2) is 8.42 Å². The van der Waals surface area contributed by atoms with Crippen LogP contribution in [-0.4, -0.2) is 39.3 Å². The molecule has 0 unspecified atom stereocenters. The van der Waals surface area contributed by atoms with Crippen molar-refractivity contribution in [2.24, 2.45) is 5.92 Å². The summed E-state index contributed by atoms with van der Waals surface area (Å²) in [5.41, 5.74) is 0.855. The number of sulfone groups is 1. The molecule has 2 rings (SSSR count). The van der Waals surface area contributed by atoms with E-state index >= 15 is 0 Å². The lowest BCUT2D eigenvalue weighted by Crippen LogP contribution is -2.49. The molecule has 0 fully saturated rings. The minimum atomic E-state index is -4.69. The van der Waals surface area contributed by atoms with Crippen molar-refractivity contribution in [3.8, 4) is 17.2 Å². The Kier molecular flexibility index (Phi) is 9.11. The molecule has 0 saturated carbocycles. The Bertz CT molecular complexity index is 1160. The summed E-state index contributed by atoms with van der Waals surface area (Å²) < 4.78 is 65.2. The summed E-state index contributed by atoms with van der Waals surface area (Å²) in [5, 5.41) is 13.5. The molecular weight excluding hydrogens is 491 g/mol. The van der Waals surface area contributed by atoms with E-state index in [0.29, 0.717) is 11.1 Å². The lowest BCUT2D eigenvalue weighted by atomic mass is 9.97. The van der Waals surface area contributed by atoms with E-state index in [1.54, 1.807) is 19.9 Å². The van der Waals surface area contributed by atoms with Crippen LogP contribution in [0.3, 0.4) is 0 Å².